The number of quaternary nitrogens is 1. The Kier molecular flexibility index (Phi) is 5.47. The van der Waals surface area contributed by atoms with Crippen molar-refractivity contribution in [3.8, 4) is 6.07 Å². The number of nitrogens with one attached hydrogen (secondary N) is 1. The summed E-state index contributed by atoms with van der Waals surface area (Å²) in [4.78, 5) is 16.8. The highest BCUT2D eigenvalue weighted by Gasteiger charge is 2.54. The van der Waals surface area contributed by atoms with Crippen LogP contribution in [-0.4, -0.2) is 36.5 Å². The zero-order chi connectivity index (χ0) is 19.7. The van der Waals surface area contributed by atoms with Crippen LogP contribution in [0.5, 0.6) is 0 Å². The maximum Gasteiger partial charge on any atom is 0.278 e. The standard InChI is InChI=1S/C24H33N3O/c1-18-6-3-4-7-22(18)16-26(2)17-23(28)27(9-5-8-25)24-13-19-10-20(14-24)12-21(11-19)15-24/h3-4,6-7,19-21H,5,9-17H2,1-2H3/p+1. The normalized spacial score (nSPS) is 31.4. The third-order valence-corrected chi connectivity index (χ3v) is 7.53. The van der Waals surface area contributed by atoms with Gasteiger partial charge in [0, 0.05) is 17.6 Å². The quantitative estimate of drug-likeness (QED) is 0.791. The molecule has 4 aliphatic carbocycles. The van der Waals surface area contributed by atoms with Gasteiger partial charge in [-0.1, -0.05) is 24.3 Å². The van der Waals surface area contributed by atoms with Crippen LogP contribution in [0.4, 0.5) is 0 Å². The minimum Gasteiger partial charge on any atom is -0.331 e. The monoisotopic (exact) mass is 380 g/mol. The fourth-order valence-electron chi connectivity index (χ4n) is 6.73. The molecule has 4 saturated carbocycles. The molecule has 0 heterocycles. The predicted octanol–water partition coefficient (Wildman–Crippen LogP) is 2.72. The van der Waals surface area contributed by atoms with Crippen LogP contribution in [0.15, 0.2) is 24.3 Å². The minimum absolute atomic E-state index is 0.0472. The molecule has 1 aromatic rings. The summed E-state index contributed by atoms with van der Waals surface area (Å²) >= 11 is 0. The van der Waals surface area contributed by atoms with Gasteiger partial charge in [-0.2, -0.15) is 5.26 Å². The van der Waals surface area contributed by atoms with E-state index in [-0.39, 0.29) is 11.4 Å². The van der Waals surface area contributed by atoms with Crippen molar-refractivity contribution in [1.29, 1.82) is 5.26 Å². The molecule has 0 spiro atoms. The topological polar surface area (TPSA) is 48.5 Å². The molecule has 5 rings (SSSR count). The second kappa shape index (κ2) is 7.87. The van der Waals surface area contributed by atoms with Gasteiger partial charge in [0.15, 0.2) is 6.54 Å². The molecule has 0 saturated heterocycles. The number of hydrogen-bond acceptors (Lipinski definition) is 2. The average molecular weight is 381 g/mol. The maximum absolute atomic E-state index is 13.4. The summed E-state index contributed by atoms with van der Waals surface area (Å²) in [7, 11) is 2.12. The number of rotatable bonds is 7. The van der Waals surface area contributed by atoms with Gasteiger partial charge in [-0.25, -0.2) is 0 Å². The van der Waals surface area contributed by atoms with E-state index in [1.165, 1.54) is 54.6 Å². The van der Waals surface area contributed by atoms with Crippen LogP contribution >= 0.6 is 0 Å². The highest BCUT2D eigenvalue weighted by Crippen LogP contribution is 2.57. The Morgan fingerprint density at radius 1 is 1.18 bits per heavy atom. The summed E-state index contributed by atoms with van der Waals surface area (Å²) in [5.41, 5.74) is 2.65. The zero-order valence-corrected chi connectivity index (χ0v) is 17.4. The van der Waals surface area contributed by atoms with Crippen LogP contribution in [0.25, 0.3) is 0 Å². The fraction of sp³-hybridized carbons (Fsp3) is 0.667. The van der Waals surface area contributed by atoms with E-state index < -0.39 is 0 Å². The van der Waals surface area contributed by atoms with Gasteiger partial charge in [-0.05, 0) is 68.8 Å². The number of aryl methyl sites for hydroxylation is 1. The number of carbonyl (C=O) groups is 1. The number of benzene rings is 1. The lowest BCUT2D eigenvalue weighted by atomic mass is 9.52. The molecule has 1 atom stereocenters. The molecule has 0 aliphatic heterocycles. The first-order valence-electron chi connectivity index (χ1n) is 11.0. The van der Waals surface area contributed by atoms with Gasteiger partial charge in [0.05, 0.1) is 19.5 Å². The summed E-state index contributed by atoms with van der Waals surface area (Å²) in [6.07, 6.45) is 8.09. The van der Waals surface area contributed by atoms with Crippen LogP contribution in [-0.2, 0) is 11.3 Å². The Morgan fingerprint density at radius 3 is 2.36 bits per heavy atom. The summed E-state index contributed by atoms with van der Waals surface area (Å²) < 4.78 is 0. The number of hydrogen-bond donors (Lipinski definition) is 1. The molecular formula is C24H34N3O+. The van der Waals surface area contributed by atoms with Crippen molar-refractivity contribution in [1.82, 2.24) is 4.90 Å². The molecule has 0 radical (unpaired) electrons. The molecule has 4 aliphatic rings. The van der Waals surface area contributed by atoms with E-state index in [1.807, 2.05) is 0 Å². The van der Waals surface area contributed by atoms with Crippen LogP contribution in [0.3, 0.4) is 0 Å². The van der Waals surface area contributed by atoms with Gasteiger partial charge in [0.1, 0.15) is 6.54 Å². The van der Waals surface area contributed by atoms with E-state index in [1.54, 1.807) is 0 Å². The third-order valence-electron chi connectivity index (χ3n) is 7.53. The first-order chi connectivity index (χ1) is 13.5. The Morgan fingerprint density at radius 2 is 1.79 bits per heavy atom. The van der Waals surface area contributed by atoms with Gasteiger partial charge in [-0.15, -0.1) is 0 Å². The van der Waals surface area contributed by atoms with E-state index in [9.17, 15) is 10.1 Å². The Balaban J connectivity index is 1.47. The van der Waals surface area contributed by atoms with Crippen molar-refractivity contribution in [2.75, 3.05) is 20.1 Å². The molecular weight excluding hydrogens is 346 g/mol. The lowest BCUT2D eigenvalue weighted by Gasteiger charge is -2.60. The minimum atomic E-state index is 0.0472. The van der Waals surface area contributed by atoms with Gasteiger partial charge >= 0.3 is 0 Å². The van der Waals surface area contributed by atoms with Gasteiger partial charge in [0.2, 0.25) is 0 Å². The fourth-order valence-corrected chi connectivity index (χ4v) is 6.73. The lowest BCUT2D eigenvalue weighted by molar-refractivity contribution is -0.885. The molecule has 1 aromatic carbocycles. The second-order valence-electron chi connectivity index (χ2n) is 9.83. The summed E-state index contributed by atoms with van der Waals surface area (Å²) in [5.74, 6) is 2.67. The number of carbonyl (C=O) groups excluding carboxylic acids is 1. The first-order valence-corrected chi connectivity index (χ1v) is 11.0. The van der Waals surface area contributed by atoms with Crippen molar-refractivity contribution >= 4 is 5.91 Å². The van der Waals surface area contributed by atoms with Crippen molar-refractivity contribution in [3.05, 3.63) is 35.4 Å². The van der Waals surface area contributed by atoms with Crippen molar-refractivity contribution in [3.63, 3.8) is 0 Å². The average Bonchev–Trinajstić information content (AvgIpc) is 2.62. The SMILES string of the molecule is Cc1ccccc1C[NH+](C)CC(=O)N(CCC#N)C12CC3CC(CC(C3)C1)C2. The Labute approximate surface area is 169 Å². The van der Waals surface area contributed by atoms with Crippen LogP contribution in [0, 0.1) is 36.0 Å². The second-order valence-corrected chi connectivity index (χ2v) is 9.83. The van der Waals surface area contributed by atoms with Gasteiger partial charge in [0.25, 0.3) is 5.91 Å². The van der Waals surface area contributed by atoms with Crippen LogP contribution < -0.4 is 4.90 Å². The molecule has 1 N–H and O–H groups in total. The number of nitriles is 1. The summed E-state index contributed by atoms with van der Waals surface area (Å²) in [5, 5.41) is 9.19. The van der Waals surface area contributed by atoms with Gasteiger partial charge in [-0.3, -0.25) is 4.79 Å². The van der Waals surface area contributed by atoms with E-state index in [0.717, 1.165) is 24.3 Å². The first kappa shape index (κ1) is 19.5. The largest absolute Gasteiger partial charge is 0.331 e. The maximum atomic E-state index is 13.4. The number of likely N-dealkylation sites (N-methyl/N-ethyl adjacent to an activating group) is 1. The van der Waals surface area contributed by atoms with E-state index >= 15 is 0 Å². The highest BCUT2D eigenvalue weighted by molar-refractivity contribution is 5.78. The molecule has 4 heteroatoms. The number of amides is 1. The molecule has 28 heavy (non-hydrogen) atoms. The zero-order valence-electron chi connectivity index (χ0n) is 17.4. The lowest BCUT2D eigenvalue weighted by Crippen LogP contribution is -3.09. The highest BCUT2D eigenvalue weighted by atomic mass is 16.2. The third kappa shape index (κ3) is 3.82. The van der Waals surface area contributed by atoms with E-state index in [4.69, 9.17) is 0 Å². The van der Waals surface area contributed by atoms with E-state index in [0.29, 0.717) is 19.5 Å². The molecule has 1 amide bonds. The summed E-state index contributed by atoms with van der Waals surface area (Å²) in [6.45, 7) is 4.13. The van der Waals surface area contributed by atoms with Crippen LogP contribution in [0.1, 0.15) is 56.1 Å². The van der Waals surface area contributed by atoms with Crippen LogP contribution in [0.2, 0.25) is 0 Å². The molecule has 4 nitrogen and oxygen atoms in total. The number of nitrogens with zero attached hydrogens (tertiary/aromatic N) is 2. The molecule has 4 bridgehead atoms. The predicted molar refractivity (Wildman–Crippen MR) is 109 cm³/mol. The molecule has 4 fully saturated rings. The molecule has 1 unspecified atom stereocenters. The van der Waals surface area contributed by atoms with Crippen molar-refractivity contribution < 1.29 is 9.69 Å². The van der Waals surface area contributed by atoms with Gasteiger partial charge < -0.3 is 9.80 Å². The summed E-state index contributed by atoms with van der Waals surface area (Å²) in [6, 6.07) is 10.7. The smallest absolute Gasteiger partial charge is 0.278 e. The Hall–Kier alpha value is -1.86. The molecule has 0 aromatic heterocycles. The molecule has 150 valence electrons. The van der Waals surface area contributed by atoms with Crippen molar-refractivity contribution in [2.24, 2.45) is 17.8 Å². The van der Waals surface area contributed by atoms with E-state index in [2.05, 4.69) is 49.2 Å². The Bertz CT molecular complexity index is 730. The van der Waals surface area contributed by atoms with Crippen molar-refractivity contribution in [2.45, 2.75) is 64.0 Å².